The Morgan fingerprint density at radius 2 is 1.89 bits per heavy atom. The first kappa shape index (κ1) is 17.6. The number of hydrogen-bond acceptors (Lipinski definition) is 6. The normalized spacial score (nSPS) is 21.9. The quantitative estimate of drug-likeness (QED) is 0.756. The van der Waals surface area contributed by atoms with Gasteiger partial charge in [0, 0.05) is 10.6 Å². The van der Waals surface area contributed by atoms with E-state index in [4.69, 9.17) is 11.6 Å². The number of carbonyl (C=O) groups excluding carboxylic acids is 2. The lowest BCUT2D eigenvalue weighted by molar-refractivity contribution is -0.116. The highest BCUT2D eigenvalue weighted by atomic mass is 35.5. The molecule has 136 valence electrons. The van der Waals surface area contributed by atoms with Gasteiger partial charge in [-0.15, -0.1) is 10.2 Å². The number of fused-ring (bicyclic) bond motifs is 1. The summed E-state index contributed by atoms with van der Waals surface area (Å²) in [5.74, 6) is -0.430. The van der Waals surface area contributed by atoms with Crippen molar-refractivity contribution in [1.82, 2.24) is 0 Å². The molecular weight excluding hydrogens is 388 g/mol. The number of nitrogens with one attached hydrogen (secondary N) is 1. The minimum absolute atomic E-state index is 0.0981. The van der Waals surface area contributed by atoms with E-state index in [1.165, 1.54) is 28.8 Å². The number of nitrogens with zero attached hydrogens (tertiary/aromatic N) is 3. The van der Waals surface area contributed by atoms with Crippen molar-refractivity contribution in [3.63, 3.8) is 0 Å². The van der Waals surface area contributed by atoms with Crippen molar-refractivity contribution in [2.75, 3.05) is 10.2 Å². The maximum atomic E-state index is 12.5. The van der Waals surface area contributed by atoms with Gasteiger partial charge in [0.05, 0.1) is 16.6 Å². The standard InChI is InChI=1S/C18H13ClN4O3S/c1-9-17(26)23(11-3-5-12(24)6-4-11)18(27-9)22-21-15-13-8-10(19)2-7-14(13)20-16(15)25/h2-9,24H,1H3,(H,20,21,25)/b22-18+. The molecule has 1 fully saturated rings. The molecule has 0 spiro atoms. The second-order valence-corrected chi connectivity index (χ2v) is 7.67. The van der Waals surface area contributed by atoms with Crippen LogP contribution < -0.4 is 10.2 Å². The Kier molecular flexibility index (Phi) is 4.37. The number of phenolic OH excluding ortho intramolecular Hbond substituents is 1. The molecule has 2 N–H and O–H groups in total. The predicted molar refractivity (Wildman–Crippen MR) is 107 cm³/mol. The Bertz CT molecular complexity index is 1020. The first-order chi connectivity index (χ1) is 12.9. The van der Waals surface area contributed by atoms with Gasteiger partial charge in [-0.2, -0.15) is 0 Å². The van der Waals surface area contributed by atoms with Crippen molar-refractivity contribution in [3.05, 3.63) is 53.1 Å². The number of aromatic hydroxyl groups is 1. The second-order valence-electron chi connectivity index (χ2n) is 5.93. The third-order valence-electron chi connectivity index (χ3n) is 4.09. The lowest BCUT2D eigenvalue weighted by atomic mass is 10.1. The second kappa shape index (κ2) is 6.71. The van der Waals surface area contributed by atoms with Gasteiger partial charge in [0.1, 0.15) is 5.75 Å². The van der Waals surface area contributed by atoms with Crippen LogP contribution in [0.2, 0.25) is 5.02 Å². The Balaban J connectivity index is 1.73. The fourth-order valence-corrected chi connectivity index (χ4v) is 3.85. The predicted octanol–water partition coefficient (Wildman–Crippen LogP) is 3.23. The largest absolute Gasteiger partial charge is 0.508 e. The van der Waals surface area contributed by atoms with Crippen molar-refractivity contribution >= 4 is 57.4 Å². The average molecular weight is 401 g/mol. The van der Waals surface area contributed by atoms with Gasteiger partial charge in [0.2, 0.25) is 5.91 Å². The fourth-order valence-electron chi connectivity index (χ4n) is 2.76. The number of carbonyl (C=O) groups is 2. The Labute approximate surface area is 163 Å². The van der Waals surface area contributed by atoms with Gasteiger partial charge in [-0.3, -0.25) is 14.5 Å². The molecule has 27 heavy (non-hydrogen) atoms. The molecule has 2 heterocycles. The van der Waals surface area contributed by atoms with Crippen molar-refractivity contribution in [3.8, 4) is 5.75 Å². The Morgan fingerprint density at radius 3 is 2.63 bits per heavy atom. The number of rotatable bonds is 2. The molecule has 0 saturated carbocycles. The summed E-state index contributed by atoms with van der Waals surface area (Å²) in [4.78, 5) is 26.1. The molecule has 2 aliphatic heterocycles. The van der Waals surface area contributed by atoms with Crippen LogP contribution >= 0.6 is 23.4 Å². The number of anilines is 2. The minimum atomic E-state index is -0.379. The lowest BCUT2D eigenvalue weighted by Crippen LogP contribution is -2.31. The molecule has 2 aliphatic rings. The minimum Gasteiger partial charge on any atom is -0.508 e. The van der Waals surface area contributed by atoms with Crippen LogP contribution in [0.4, 0.5) is 11.4 Å². The highest BCUT2D eigenvalue weighted by Gasteiger charge is 2.36. The van der Waals surface area contributed by atoms with Gasteiger partial charge in [0.25, 0.3) is 5.91 Å². The lowest BCUT2D eigenvalue weighted by Gasteiger charge is -2.15. The van der Waals surface area contributed by atoms with Crippen LogP contribution in [0.5, 0.6) is 5.75 Å². The fraction of sp³-hybridized carbons (Fsp3) is 0.111. The molecule has 0 radical (unpaired) electrons. The number of halogens is 1. The zero-order valence-corrected chi connectivity index (χ0v) is 15.6. The van der Waals surface area contributed by atoms with Gasteiger partial charge in [0.15, 0.2) is 10.9 Å². The van der Waals surface area contributed by atoms with Crippen LogP contribution in [0.1, 0.15) is 12.5 Å². The molecule has 9 heteroatoms. The summed E-state index contributed by atoms with van der Waals surface area (Å²) >= 11 is 7.26. The van der Waals surface area contributed by atoms with E-state index in [2.05, 4.69) is 15.5 Å². The molecule has 1 atom stereocenters. The highest BCUT2D eigenvalue weighted by molar-refractivity contribution is 8.16. The maximum Gasteiger partial charge on any atom is 0.276 e. The molecule has 0 aromatic heterocycles. The smallest absolute Gasteiger partial charge is 0.276 e. The summed E-state index contributed by atoms with van der Waals surface area (Å²) in [6.07, 6.45) is 0. The summed E-state index contributed by atoms with van der Waals surface area (Å²) in [5.41, 5.74) is 1.88. The monoisotopic (exact) mass is 400 g/mol. The van der Waals surface area contributed by atoms with Crippen LogP contribution in [0.25, 0.3) is 0 Å². The molecule has 1 unspecified atom stereocenters. The molecule has 7 nitrogen and oxygen atoms in total. The Morgan fingerprint density at radius 1 is 1.15 bits per heavy atom. The number of amidine groups is 1. The van der Waals surface area contributed by atoms with Gasteiger partial charge in [-0.25, -0.2) is 0 Å². The van der Waals surface area contributed by atoms with Gasteiger partial charge >= 0.3 is 0 Å². The SMILES string of the molecule is CC1S/C(=N/N=C2\C(=O)Nc3ccc(Cl)cc32)N(c2ccc(O)cc2)C1=O. The third-order valence-corrected chi connectivity index (χ3v) is 5.35. The van der Waals surface area contributed by atoms with Gasteiger partial charge in [-0.05, 0) is 49.4 Å². The van der Waals surface area contributed by atoms with E-state index >= 15 is 0 Å². The van der Waals surface area contributed by atoms with Gasteiger partial charge < -0.3 is 10.4 Å². The number of phenols is 1. The molecule has 4 rings (SSSR count). The highest BCUT2D eigenvalue weighted by Crippen LogP contribution is 2.33. The summed E-state index contributed by atoms with van der Waals surface area (Å²) in [7, 11) is 0. The third kappa shape index (κ3) is 3.17. The van der Waals surface area contributed by atoms with Crippen LogP contribution in [0, 0.1) is 0 Å². The maximum absolute atomic E-state index is 12.5. The molecule has 0 aliphatic carbocycles. The van der Waals surface area contributed by atoms with E-state index in [9.17, 15) is 14.7 Å². The molecule has 1 saturated heterocycles. The molecular formula is C18H13ClN4O3S. The number of benzene rings is 2. The van der Waals surface area contributed by atoms with E-state index in [1.54, 1.807) is 37.3 Å². The first-order valence-electron chi connectivity index (χ1n) is 8.00. The molecule has 2 aromatic rings. The van der Waals surface area contributed by atoms with E-state index in [0.29, 0.717) is 27.1 Å². The number of hydrogen-bond donors (Lipinski definition) is 2. The molecule has 2 amide bonds. The first-order valence-corrected chi connectivity index (χ1v) is 9.26. The summed E-state index contributed by atoms with van der Waals surface area (Å²) in [6.45, 7) is 1.77. The van der Waals surface area contributed by atoms with Gasteiger partial charge in [-0.1, -0.05) is 23.4 Å². The van der Waals surface area contributed by atoms with Crippen molar-refractivity contribution in [2.24, 2.45) is 10.2 Å². The summed E-state index contributed by atoms with van der Waals surface area (Å²) in [6, 6.07) is 11.2. The van der Waals surface area contributed by atoms with E-state index < -0.39 is 0 Å². The number of amides is 2. The zero-order chi connectivity index (χ0) is 19.1. The van der Waals surface area contributed by atoms with Crippen LogP contribution in [0.3, 0.4) is 0 Å². The van der Waals surface area contributed by atoms with Crippen molar-refractivity contribution < 1.29 is 14.7 Å². The molecule has 2 aromatic carbocycles. The number of thioether (sulfide) groups is 1. The van der Waals surface area contributed by atoms with Crippen LogP contribution in [-0.4, -0.2) is 33.1 Å². The van der Waals surface area contributed by atoms with Crippen LogP contribution in [0.15, 0.2) is 52.7 Å². The van der Waals surface area contributed by atoms with E-state index in [-0.39, 0.29) is 28.5 Å². The zero-order valence-electron chi connectivity index (χ0n) is 14.0. The van der Waals surface area contributed by atoms with Crippen LogP contribution in [-0.2, 0) is 9.59 Å². The summed E-state index contributed by atoms with van der Waals surface area (Å²) in [5, 5.41) is 20.9. The Hall–Kier alpha value is -2.84. The van der Waals surface area contributed by atoms with E-state index in [1.807, 2.05) is 0 Å². The van der Waals surface area contributed by atoms with Crippen molar-refractivity contribution in [2.45, 2.75) is 12.2 Å². The molecule has 0 bridgehead atoms. The average Bonchev–Trinajstić information content (AvgIpc) is 3.10. The van der Waals surface area contributed by atoms with Crippen molar-refractivity contribution in [1.29, 1.82) is 0 Å². The van der Waals surface area contributed by atoms with E-state index in [0.717, 1.165) is 0 Å². The topological polar surface area (TPSA) is 94.4 Å². The summed E-state index contributed by atoms with van der Waals surface area (Å²) < 4.78 is 0.